The minimum Gasteiger partial charge on any atom is -0.245 e. The average Bonchev–Trinajstić information content (AvgIpc) is 3.20. The molecule has 3 heteroatoms. The van der Waals surface area contributed by atoms with Gasteiger partial charge in [0.25, 0.3) is 0 Å². The minimum absolute atomic E-state index is 0.712. The van der Waals surface area contributed by atoms with Crippen molar-refractivity contribution < 1.29 is 0 Å². The highest BCUT2D eigenvalue weighted by atomic mass is 32.2. The van der Waals surface area contributed by atoms with Crippen molar-refractivity contribution in [3.8, 4) is 6.07 Å². The molecule has 4 rings (SSSR count). The Labute approximate surface area is 164 Å². The molecule has 0 amide bonds. The number of aryl methyl sites for hydroxylation is 1. The summed E-state index contributed by atoms with van der Waals surface area (Å²) in [5.74, 6) is 0.823. The van der Waals surface area contributed by atoms with Crippen molar-refractivity contribution in [2.24, 2.45) is 0 Å². The largest absolute Gasteiger partial charge is 0.245 e. The third-order valence-corrected chi connectivity index (χ3v) is 5.85. The molecule has 0 radical (unpaired) electrons. The van der Waals surface area contributed by atoms with Gasteiger partial charge >= 0.3 is 0 Å². The third kappa shape index (κ3) is 3.97. The molecule has 0 saturated heterocycles. The molecule has 1 aliphatic rings. The highest BCUT2D eigenvalue weighted by Crippen LogP contribution is 2.34. The van der Waals surface area contributed by atoms with E-state index in [0.717, 1.165) is 46.9 Å². The number of thioether (sulfide) groups is 1. The Balaban J connectivity index is 1.70. The van der Waals surface area contributed by atoms with Crippen LogP contribution in [0.5, 0.6) is 0 Å². The highest BCUT2D eigenvalue weighted by Gasteiger charge is 2.22. The summed E-state index contributed by atoms with van der Waals surface area (Å²) in [4.78, 5) is 4.86. The fraction of sp³-hybridized carbons (Fsp3) is 0.167. The molecule has 0 fully saturated rings. The molecular weight excluding hydrogens is 348 g/mol. The lowest BCUT2D eigenvalue weighted by atomic mass is 10.0. The first-order valence-corrected chi connectivity index (χ1v) is 10.2. The second-order valence-corrected chi connectivity index (χ2v) is 7.58. The Morgan fingerprint density at radius 1 is 0.963 bits per heavy atom. The summed E-state index contributed by atoms with van der Waals surface area (Å²) in [7, 11) is 0. The summed E-state index contributed by atoms with van der Waals surface area (Å²) in [6, 6.07) is 23.0. The SMILES string of the molecule is N#Cc1c(SCc2ccccc2)nc2c(c1/C=C\c1ccccc1)CCC2. The fourth-order valence-electron chi connectivity index (χ4n) is 3.45. The van der Waals surface area contributed by atoms with Gasteiger partial charge in [0.15, 0.2) is 0 Å². The van der Waals surface area contributed by atoms with Gasteiger partial charge in [0.1, 0.15) is 11.1 Å². The molecule has 0 spiro atoms. The Morgan fingerprint density at radius 3 is 2.44 bits per heavy atom. The first-order chi connectivity index (χ1) is 13.3. The molecule has 0 bridgehead atoms. The smallest absolute Gasteiger partial charge is 0.115 e. The number of hydrogen-bond acceptors (Lipinski definition) is 3. The topological polar surface area (TPSA) is 36.7 Å². The number of nitriles is 1. The van der Waals surface area contributed by atoms with Crippen LogP contribution in [0, 0.1) is 11.3 Å². The number of pyridine rings is 1. The quantitative estimate of drug-likeness (QED) is 0.526. The van der Waals surface area contributed by atoms with Crippen molar-refractivity contribution in [3.05, 3.63) is 94.2 Å². The van der Waals surface area contributed by atoms with Gasteiger partial charge < -0.3 is 0 Å². The molecule has 27 heavy (non-hydrogen) atoms. The van der Waals surface area contributed by atoms with Crippen molar-refractivity contribution in [2.45, 2.75) is 30.0 Å². The van der Waals surface area contributed by atoms with Crippen LogP contribution in [0.15, 0.2) is 65.7 Å². The van der Waals surface area contributed by atoms with E-state index in [4.69, 9.17) is 4.98 Å². The molecule has 0 aliphatic heterocycles. The van der Waals surface area contributed by atoms with E-state index in [0.29, 0.717) is 5.56 Å². The summed E-state index contributed by atoms with van der Waals surface area (Å²) >= 11 is 1.66. The van der Waals surface area contributed by atoms with Crippen LogP contribution in [0.2, 0.25) is 0 Å². The Kier molecular flexibility index (Phi) is 5.37. The summed E-state index contributed by atoms with van der Waals surface area (Å²) in [6.07, 6.45) is 7.33. The van der Waals surface area contributed by atoms with Gasteiger partial charge in [-0.1, -0.05) is 72.8 Å². The lowest BCUT2D eigenvalue weighted by Crippen LogP contribution is -2.00. The number of fused-ring (bicyclic) bond motifs is 1. The molecule has 2 nitrogen and oxygen atoms in total. The molecule has 3 aromatic rings. The van der Waals surface area contributed by atoms with Crippen LogP contribution in [-0.4, -0.2) is 4.98 Å². The zero-order valence-electron chi connectivity index (χ0n) is 15.1. The van der Waals surface area contributed by atoms with Gasteiger partial charge in [-0.3, -0.25) is 0 Å². The van der Waals surface area contributed by atoms with Gasteiger partial charge in [-0.15, -0.1) is 11.8 Å². The molecule has 132 valence electrons. The first-order valence-electron chi connectivity index (χ1n) is 9.21. The van der Waals surface area contributed by atoms with Crippen LogP contribution in [0.25, 0.3) is 12.2 Å². The Morgan fingerprint density at radius 2 is 1.70 bits per heavy atom. The van der Waals surface area contributed by atoms with E-state index in [1.54, 1.807) is 11.8 Å². The van der Waals surface area contributed by atoms with E-state index in [-0.39, 0.29) is 0 Å². The summed E-state index contributed by atoms with van der Waals surface area (Å²) in [5.41, 5.74) is 6.57. The molecule has 1 heterocycles. The predicted octanol–water partition coefficient (Wildman–Crippen LogP) is 5.90. The zero-order valence-corrected chi connectivity index (χ0v) is 15.9. The van der Waals surface area contributed by atoms with E-state index >= 15 is 0 Å². The molecule has 0 N–H and O–H groups in total. The van der Waals surface area contributed by atoms with Gasteiger partial charge in [-0.05, 0) is 41.5 Å². The highest BCUT2D eigenvalue weighted by molar-refractivity contribution is 7.98. The minimum atomic E-state index is 0.712. The predicted molar refractivity (Wildman–Crippen MR) is 112 cm³/mol. The maximum atomic E-state index is 9.89. The van der Waals surface area contributed by atoms with Gasteiger partial charge in [0.2, 0.25) is 0 Å². The number of rotatable bonds is 5. The van der Waals surface area contributed by atoms with Crippen molar-refractivity contribution >= 4 is 23.9 Å². The first kappa shape index (κ1) is 17.6. The number of benzene rings is 2. The van der Waals surface area contributed by atoms with Crippen LogP contribution in [0.4, 0.5) is 0 Å². The van der Waals surface area contributed by atoms with Gasteiger partial charge in [0.05, 0.1) is 5.56 Å². The molecule has 2 aromatic carbocycles. The van der Waals surface area contributed by atoms with Gasteiger partial charge in [-0.25, -0.2) is 4.98 Å². The normalized spacial score (nSPS) is 12.9. The van der Waals surface area contributed by atoms with E-state index in [2.05, 4.69) is 42.5 Å². The Bertz CT molecular complexity index is 1000. The third-order valence-electron chi connectivity index (χ3n) is 4.81. The molecule has 0 atom stereocenters. The lowest BCUT2D eigenvalue weighted by molar-refractivity contribution is 0.891. The van der Waals surface area contributed by atoms with E-state index < -0.39 is 0 Å². The number of nitrogens with zero attached hydrogens (tertiary/aromatic N) is 2. The van der Waals surface area contributed by atoms with Crippen LogP contribution in [-0.2, 0) is 18.6 Å². The summed E-state index contributed by atoms with van der Waals surface area (Å²) in [5, 5.41) is 10.7. The molecular formula is C24H20N2S. The van der Waals surface area contributed by atoms with Crippen LogP contribution in [0.1, 0.15) is 39.9 Å². The molecule has 1 aromatic heterocycles. The van der Waals surface area contributed by atoms with Crippen LogP contribution < -0.4 is 0 Å². The Hall–Kier alpha value is -2.83. The van der Waals surface area contributed by atoms with Crippen molar-refractivity contribution in [3.63, 3.8) is 0 Å². The standard InChI is InChI=1S/C24H20N2S/c25-16-22-20(15-14-18-8-3-1-4-9-18)21-12-7-13-23(21)26-24(22)27-17-19-10-5-2-6-11-19/h1-6,8-11,14-15H,7,12-13,17H2/b15-14-. The van der Waals surface area contributed by atoms with Crippen molar-refractivity contribution in [2.75, 3.05) is 0 Å². The van der Waals surface area contributed by atoms with Gasteiger partial charge in [0, 0.05) is 11.4 Å². The van der Waals surface area contributed by atoms with Crippen LogP contribution in [0.3, 0.4) is 0 Å². The monoisotopic (exact) mass is 368 g/mol. The van der Waals surface area contributed by atoms with E-state index in [1.165, 1.54) is 11.1 Å². The molecule has 0 saturated carbocycles. The fourth-order valence-corrected chi connectivity index (χ4v) is 4.42. The van der Waals surface area contributed by atoms with Crippen molar-refractivity contribution in [1.82, 2.24) is 4.98 Å². The maximum Gasteiger partial charge on any atom is 0.115 e. The van der Waals surface area contributed by atoms with E-state index in [1.807, 2.05) is 36.4 Å². The zero-order chi connectivity index (χ0) is 18.5. The summed E-state index contributed by atoms with van der Waals surface area (Å²) < 4.78 is 0. The summed E-state index contributed by atoms with van der Waals surface area (Å²) in [6.45, 7) is 0. The second kappa shape index (κ2) is 8.24. The molecule has 1 aliphatic carbocycles. The molecule has 0 unspecified atom stereocenters. The number of hydrogen-bond donors (Lipinski definition) is 0. The van der Waals surface area contributed by atoms with Crippen LogP contribution >= 0.6 is 11.8 Å². The van der Waals surface area contributed by atoms with Gasteiger partial charge in [-0.2, -0.15) is 5.26 Å². The van der Waals surface area contributed by atoms with E-state index in [9.17, 15) is 5.26 Å². The number of aromatic nitrogens is 1. The van der Waals surface area contributed by atoms with Crippen molar-refractivity contribution in [1.29, 1.82) is 5.26 Å². The maximum absolute atomic E-state index is 9.89. The second-order valence-electron chi connectivity index (χ2n) is 6.61. The average molecular weight is 369 g/mol. The lowest BCUT2D eigenvalue weighted by Gasteiger charge is -2.12.